The Balaban J connectivity index is 1.86. The number of carbonyl (C=O) groups excluding carboxylic acids is 2. The molecule has 1 aliphatic carbocycles. The Labute approximate surface area is 131 Å². The van der Waals surface area contributed by atoms with E-state index in [1.807, 2.05) is 12.1 Å². The summed E-state index contributed by atoms with van der Waals surface area (Å²) in [7, 11) is 0. The van der Waals surface area contributed by atoms with Gasteiger partial charge in [-0.1, -0.05) is 48.0 Å². The lowest BCUT2D eigenvalue weighted by atomic mass is 9.98. The fourth-order valence-electron chi connectivity index (χ4n) is 2.88. The van der Waals surface area contributed by atoms with Crippen LogP contribution in [0.2, 0.25) is 5.02 Å². The van der Waals surface area contributed by atoms with E-state index in [1.165, 1.54) is 0 Å². The van der Waals surface area contributed by atoms with E-state index in [2.05, 4.69) is 4.98 Å². The number of fused-ring (bicyclic) bond motifs is 2. The molecule has 3 aromatic rings. The Bertz CT molecular complexity index is 914. The van der Waals surface area contributed by atoms with Crippen LogP contribution in [-0.2, 0) is 0 Å². The van der Waals surface area contributed by atoms with Gasteiger partial charge in [-0.3, -0.25) is 14.6 Å². The molecule has 3 nitrogen and oxygen atoms in total. The summed E-state index contributed by atoms with van der Waals surface area (Å²) in [5, 5.41) is 1.49. The third-order valence-corrected chi connectivity index (χ3v) is 4.19. The van der Waals surface area contributed by atoms with Crippen LogP contribution in [0.4, 0.5) is 0 Å². The van der Waals surface area contributed by atoms with E-state index in [9.17, 15) is 9.59 Å². The number of nitrogens with zero attached hydrogens (tertiary/aromatic N) is 1. The number of carbonyl (C=O) groups is 2. The molecule has 0 aliphatic heterocycles. The molecule has 0 fully saturated rings. The quantitative estimate of drug-likeness (QED) is 0.637. The highest BCUT2D eigenvalue weighted by Crippen LogP contribution is 2.33. The van der Waals surface area contributed by atoms with E-state index in [1.54, 1.807) is 42.5 Å². The van der Waals surface area contributed by atoms with Crippen molar-refractivity contribution in [3.05, 3.63) is 76.4 Å². The molecule has 0 radical (unpaired) electrons. The molecule has 0 bridgehead atoms. The highest BCUT2D eigenvalue weighted by Gasteiger charge is 2.40. The van der Waals surface area contributed by atoms with Crippen LogP contribution in [0.5, 0.6) is 0 Å². The second kappa shape index (κ2) is 4.75. The van der Waals surface area contributed by atoms with E-state index in [4.69, 9.17) is 11.6 Å². The van der Waals surface area contributed by atoms with Crippen LogP contribution in [-0.4, -0.2) is 16.6 Å². The van der Waals surface area contributed by atoms with Crippen LogP contribution in [0.1, 0.15) is 32.3 Å². The number of hydrogen-bond acceptors (Lipinski definition) is 3. The molecule has 0 atom stereocenters. The summed E-state index contributed by atoms with van der Waals surface area (Å²) in [6, 6.07) is 15.9. The highest BCUT2D eigenvalue weighted by molar-refractivity contribution is 6.31. The molecule has 22 heavy (non-hydrogen) atoms. The van der Waals surface area contributed by atoms with Crippen LogP contribution >= 0.6 is 11.6 Å². The first kappa shape index (κ1) is 13.2. The summed E-state index contributed by atoms with van der Waals surface area (Å²) in [6.45, 7) is 0. The Hall–Kier alpha value is -2.52. The minimum absolute atomic E-state index is 0.186. The van der Waals surface area contributed by atoms with Crippen molar-refractivity contribution in [3.63, 3.8) is 0 Å². The van der Waals surface area contributed by atoms with E-state index in [-0.39, 0.29) is 11.6 Å². The van der Waals surface area contributed by atoms with Gasteiger partial charge in [0.2, 0.25) is 0 Å². The summed E-state index contributed by atoms with van der Waals surface area (Å²) < 4.78 is 0. The van der Waals surface area contributed by atoms with E-state index in [0.29, 0.717) is 27.4 Å². The van der Waals surface area contributed by atoms with Gasteiger partial charge in [0.25, 0.3) is 0 Å². The van der Waals surface area contributed by atoms with Gasteiger partial charge < -0.3 is 0 Å². The zero-order valence-electron chi connectivity index (χ0n) is 11.4. The minimum Gasteiger partial charge on any atom is -0.293 e. The third kappa shape index (κ3) is 1.86. The van der Waals surface area contributed by atoms with Crippen LogP contribution in [0.15, 0.2) is 54.6 Å². The molecule has 1 aromatic heterocycles. The smallest absolute Gasteiger partial charge is 0.180 e. The van der Waals surface area contributed by atoms with Crippen LogP contribution in [0.25, 0.3) is 10.9 Å². The van der Waals surface area contributed by atoms with Crippen molar-refractivity contribution >= 4 is 34.1 Å². The molecule has 0 N–H and O–H groups in total. The van der Waals surface area contributed by atoms with Gasteiger partial charge in [-0.15, -0.1) is 0 Å². The lowest BCUT2D eigenvalue weighted by molar-refractivity contribution is 0.0888. The molecule has 0 amide bonds. The Morgan fingerprint density at radius 3 is 2.18 bits per heavy atom. The predicted octanol–water partition coefficient (Wildman–Crippen LogP) is 4.05. The van der Waals surface area contributed by atoms with Gasteiger partial charge in [0.05, 0.1) is 11.2 Å². The first-order chi connectivity index (χ1) is 10.6. The topological polar surface area (TPSA) is 47.0 Å². The molecule has 4 heteroatoms. The molecule has 1 aliphatic rings. The average Bonchev–Trinajstić information content (AvgIpc) is 2.79. The normalized spacial score (nSPS) is 14.6. The van der Waals surface area contributed by atoms with Crippen LogP contribution in [0, 0.1) is 0 Å². The molecule has 0 saturated carbocycles. The number of rotatable bonds is 1. The number of Topliss-reactive ketones (excluding diaryl/α,β-unsaturated/α-hetero) is 2. The number of hydrogen-bond donors (Lipinski definition) is 0. The van der Waals surface area contributed by atoms with Gasteiger partial charge in [-0.2, -0.15) is 0 Å². The SMILES string of the molecule is O=C1c2ccccc2C(=O)C1c1ccc2ccc(Cl)cc2n1. The van der Waals surface area contributed by atoms with Crippen LogP contribution in [0.3, 0.4) is 0 Å². The van der Waals surface area contributed by atoms with Crippen molar-refractivity contribution in [1.29, 1.82) is 0 Å². The number of aromatic nitrogens is 1. The van der Waals surface area contributed by atoms with Gasteiger partial charge >= 0.3 is 0 Å². The minimum atomic E-state index is -0.846. The summed E-state index contributed by atoms with van der Waals surface area (Å²) in [4.78, 5) is 29.5. The Morgan fingerprint density at radius 1 is 0.864 bits per heavy atom. The van der Waals surface area contributed by atoms with Crippen molar-refractivity contribution in [2.45, 2.75) is 5.92 Å². The average molecular weight is 308 g/mol. The zero-order chi connectivity index (χ0) is 15.3. The molecule has 106 valence electrons. The van der Waals surface area contributed by atoms with Crippen molar-refractivity contribution in [2.75, 3.05) is 0 Å². The van der Waals surface area contributed by atoms with Gasteiger partial charge in [0.15, 0.2) is 11.6 Å². The lowest BCUT2D eigenvalue weighted by Crippen LogP contribution is -2.14. The van der Waals surface area contributed by atoms with Gasteiger partial charge in [0, 0.05) is 21.5 Å². The second-order valence-corrected chi connectivity index (χ2v) is 5.72. The monoisotopic (exact) mass is 307 g/mol. The van der Waals surface area contributed by atoms with E-state index < -0.39 is 5.92 Å². The predicted molar refractivity (Wildman–Crippen MR) is 84.6 cm³/mol. The second-order valence-electron chi connectivity index (χ2n) is 5.28. The van der Waals surface area contributed by atoms with Crippen LogP contribution < -0.4 is 0 Å². The maximum atomic E-state index is 12.5. The summed E-state index contributed by atoms with van der Waals surface area (Å²) in [6.07, 6.45) is 0. The molecule has 4 rings (SSSR count). The van der Waals surface area contributed by atoms with Gasteiger partial charge in [-0.05, 0) is 18.2 Å². The maximum absolute atomic E-state index is 12.5. The van der Waals surface area contributed by atoms with Crippen molar-refractivity contribution in [1.82, 2.24) is 4.98 Å². The summed E-state index contributed by atoms with van der Waals surface area (Å²) >= 11 is 5.99. The van der Waals surface area contributed by atoms with E-state index in [0.717, 1.165) is 5.39 Å². The zero-order valence-corrected chi connectivity index (χ0v) is 12.2. The van der Waals surface area contributed by atoms with Crippen molar-refractivity contribution in [3.8, 4) is 0 Å². The molecule has 0 saturated heterocycles. The number of halogens is 1. The van der Waals surface area contributed by atoms with Crippen molar-refractivity contribution < 1.29 is 9.59 Å². The standard InChI is InChI=1S/C18H10ClNO2/c19-11-7-5-10-6-8-14(20-15(10)9-11)16-17(21)12-3-1-2-4-13(12)18(16)22/h1-9,16H. The summed E-state index contributed by atoms with van der Waals surface area (Å²) in [5.74, 6) is -1.22. The Morgan fingerprint density at radius 2 is 1.50 bits per heavy atom. The van der Waals surface area contributed by atoms with Gasteiger partial charge in [0.1, 0.15) is 5.92 Å². The third-order valence-electron chi connectivity index (χ3n) is 3.95. The maximum Gasteiger partial charge on any atom is 0.180 e. The number of benzene rings is 2. The number of ketones is 2. The largest absolute Gasteiger partial charge is 0.293 e. The molecule has 0 unspecified atom stereocenters. The first-order valence-corrected chi connectivity index (χ1v) is 7.26. The molecular weight excluding hydrogens is 298 g/mol. The van der Waals surface area contributed by atoms with E-state index >= 15 is 0 Å². The summed E-state index contributed by atoms with van der Waals surface area (Å²) in [5.41, 5.74) is 2.11. The first-order valence-electron chi connectivity index (χ1n) is 6.89. The van der Waals surface area contributed by atoms with Gasteiger partial charge in [-0.25, -0.2) is 0 Å². The highest BCUT2D eigenvalue weighted by atomic mass is 35.5. The fourth-order valence-corrected chi connectivity index (χ4v) is 3.04. The Kier molecular flexibility index (Phi) is 2.84. The number of pyridine rings is 1. The molecule has 1 heterocycles. The fraction of sp³-hybridized carbons (Fsp3) is 0.0556. The molecular formula is C18H10ClNO2. The molecule has 2 aromatic carbocycles. The molecule has 0 spiro atoms. The lowest BCUT2D eigenvalue weighted by Gasteiger charge is -2.08. The van der Waals surface area contributed by atoms with Crippen molar-refractivity contribution in [2.24, 2.45) is 0 Å².